The van der Waals surface area contributed by atoms with E-state index in [4.69, 9.17) is 49.5 Å². The molecular weight excluding hydrogens is 879 g/mol. The predicted octanol–water partition coefficient (Wildman–Crippen LogP) is 9.37. The van der Waals surface area contributed by atoms with Crippen LogP contribution in [-0.2, 0) is 27.4 Å². The molecule has 3 aromatic carbocycles. The highest BCUT2D eigenvalue weighted by atomic mass is 35.5. The molecule has 5 aromatic rings. The van der Waals surface area contributed by atoms with Crippen LogP contribution in [0.3, 0.4) is 0 Å². The fraction of sp³-hybridized carbons (Fsp3) is 0.333. The van der Waals surface area contributed by atoms with Crippen molar-refractivity contribution in [2.24, 2.45) is 5.92 Å². The zero-order valence-electron chi connectivity index (χ0n) is 35.6. The maximum atomic E-state index is 13.8. The van der Waals surface area contributed by atoms with Crippen LogP contribution in [0.15, 0.2) is 77.9 Å². The van der Waals surface area contributed by atoms with E-state index in [2.05, 4.69) is 21.3 Å². The third-order valence-electron chi connectivity index (χ3n) is 11.1. The highest BCUT2D eigenvalue weighted by Gasteiger charge is 2.30. The summed E-state index contributed by atoms with van der Waals surface area (Å²) in [7, 11) is 0. The second-order valence-corrected chi connectivity index (χ2v) is 18.1. The predicted molar refractivity (Wildman–Crippen MR) is 247 cm³/mol. The fourth-order valence-corrected chi connectivity index (χ4v) is 8.73. The highest BCUT2D eigenvalue weighted by Crippen LogP contribution is 2.41. The quantitative estimate of drug-likeness (QED) is 0.0810. The van der Waals surface area contributed by atoms with Crippen LogP contribution in [0.2, 0.25) is 15.1 Å². The normalized spacial score (nSPS) is 16.5. The number of benzene rings is 3. The lowest BCUT2D eigenvalue weighted by Crippen LogP contribution is -2.44. The number of pyridine rings is 1. The van der Waals surface area contributed by atoms with Crippen LogP contribution in [0.4, 0.5) is 4.79 Å². The van der Waals surface area contributed by atoms with E-state index in [1.807, 2.05) is 60.7 Å². The zero-order valence-corrected chi connectivity index (χ0v) is 37.8. The summed E-state index contributed by atoms with van der Waals surface area (Å²) in [6.07, 6.45) is 7.88. The second kappa shape index (κ2) is 19.9. The van der Waals surface area contributed by atoms with Gasteiger partial charge in [-0.2, -0.15) is 5.26 Å². The number of hydrogen-bond acceptors (Lipinski definition) is 9. The maximum absolute atomic E-state index is 13.8. The van der Waals surface area contributed by atoms with Gasteiger partial charge in [0.1, 0.15) is 23.6 Å². The minimum Gasteiger partial charge on any atom is -0.492 e. The van der Waals surface area contributed by atoms with Gasteiger partial charge in [-0.25, -0.2) is 9.78 Å². The van der Waals surface area contributed by atoms with Crippen molar-refractivity contribution in [3.05, 3.63) is 121 Å². The van der Waals surface area contributed by atoms with Crippen LogP contribution in [0.5, 0.6) is 5.75 Å². The lowest BCUT2D eigenvalue weighted by atomic mass is 9.97. The summed E-state index contributed by atoms with van der Waals surface area (Å²) < 4.78 is 13.1. The number of carbonyl (C=O) groups is 3. The van der Waals surface area contributed by atoms with E-state index < -0.39 is 23.6 Å². The van der Waals surface area contributed by atoms with E-state index in [-0.39, 0.29) is 49.2 Å². The van der Waals surface area contributed by atoms with Crippen molar-refractivity contribution in [3.63, 3.8) is 0 Å². The lowest BCUT2D eigenvalue weighted by molar-refractivity contribution is -0.141. The summed E-state index contributed by atoms with van der Waals surface area (Å²) >= 11 is 21.1. The Hall–Kier alpha value is -5.91. The summed E-state index contributed by atoms with van der Waals surface area (Å²) in [6, 6.07) is 20.3. The van der Waals surface area contributed by atoms with Crippen molar-refractivity contribution in [3.8, 4) is 34.1 Å². The molecule has 332 valence electrons. The van der Waals surface area contributed by atoms with E-state index in [9.17, 15) is 24.3 Å². The number of aliphatic carboxylic acids is 1. The first-order chi connectivity index (χ1) is 30.6. The van der Waals surface area contributed by atoms with Gasteiger partial charge in [-0.15, -0.1) is 0 Å². The molecule has 0 bridgehead atoms. The average molecular weight is 926 g/mol. The number of aromatic nitrogens is 2. The molecule has 2 fully saturated rings. The molecule has 2 aliphatic heterocycles. The van der Waals surface area contributed by atoms with Gasteiger partial charge < -0.3 is 24.8 Å². The monoisotopic (exact) mass is 924 g/mol. The number of carboxylic acid groups (broad SMARTS) is 1. The molecule has 16 heteroatoms. The molecule has 2 N–H and O–H groups in total. The number of nitrogens with one attached hydrogen (secondary N) is 1. The Morgan fingerprint density at radius 2 is 1.72 bits per heavy atom. The number of fused-ring (bicyclic) bond motifs is 1. The molecular formula is C48H47Cl3N6O7. The SMILES string of the molecule is CC(C)(C)OC(=O)N(Cc1cnc2cc(-c3cccc(-c4cccc(/C=C/c5cc(OCCC#N)c(CN6CC[C@H](C(=O)O)C6)cc5Cl)c4Cl)c3Cl)ccn2c1=O)C[C@@H]1CCC(=O)N1. The topological polar surface area (TPSA) is 167 Å². The van der Waals surface area contributed by atoms with Gasteiger partial charge in [-0.1, -0.05) is 83.4 Å². The Kier molecular flexibility index (Phi) is 14.3. The number of nitrogens with zero attached hydrogens (tertiary/aromatic N) is 5. The van der Waals surface area contributed by atoms with Crippen LogP contribution >= 0.6 is 34.8 Å². The molecule has 2 aromatic heterocycles. The number of hydrogen-bond donors (Lipinski definition) is 2. The smallest absolute Gasteiger partial charge is 0.410 e. The van der Waals surface area contributed by atoms with Gasteiger partial charge in [0.25, 0.3) is 5.56 Å². The molecule has 0 aliphatic carbocycles. The van der Waals surface area contributed by atoms with Gasteiger partial charge >= 0.3 is 12.1 Å². The molecule has 7 rings (SSSR count). The number of halogens is 3. The molecule has 0 radical (unpaired) electrons. The van der Waals surface area contributed by atoms with Crippen molar-refractivity contribution in [1.82, 2.24) is 24.5 Å². The number of nitriles is 1. The number of likely N-dealkylation sites (tertiary alicyclic amines) is 1. The van der Waals surface area contributed by atoms with Crippen LogP contribution in [0, 0.1) is 17.2 Å². The number of ether oxygens (including phenoxy) is 2. The van der Waals surface area contributed by atoms with Crippen molar-refractivity contribution < 1.29 is 29.0 Å². The first kappa shape index (κ1) is 46.1. The molecule has 2 saturated heterocycles. The van der Waals surface area contributed by atoms with Crippen LogP contribution in [-0.4, -0.2) is 80.1 Å². The van der Waals surface area contributed by atoms with Crippen molar-refractivity contribution in [1.29, 1.82) is 5.26 Å². The van der Waals surface area contributed by atoms with Crippen LogP contribution in [0.1, 0.15) is 68.7 Å². The minimum absolute atomic E-state index is 0.0600. The van der Waals surface area contributed by atoms with Crippen LogP contribution < -0.4 is 15.6 Å². The molecule has 2 atom stereocenters. The maximum Gasteiger partial charge on any atom is 0.410 e. The molecule has 2 amide bonds. The molecule has 64 heavy (non-hydrogen) atoms. The van der Waals surface area contributed by atoms with Gasteiger partial charge in [-0.05, 0) is 81.1 Å². The Bertz CT molecular complexity index is 2740. The molecule has 0 unspecified atom stereocenters. The van der Waals surface area contributed by atoms with E-state index in [1.165, 1.54) is 15.5 Å². The molecule has 2 aliphatic rings. The van der Waals surface area contributed by atoms with Crippen molar-refractivity contribution in [2.45, 2.75) is 71.2 Å². The van der Waals surface area contributed by atoms with Gasteiger partial charge in [0.15, 0.2) is 0 Å². The van der Waals surface area contributed by atoms with Crippen molar-refractivity contribution >= 4 is 70.6 Å². The first-order valence-corrected chi connectivity index (χ1v) is 22.0. The summed E-state index contributed by atoms with van der Waals surface area (Å²) in [4.78, 5) is 58.6. The highest BCUT2D eigenvalue weighted by molar-refractivity contribution is 6.39. The summed E-state index contributed by atoms with van der Waals surface area (Å²) in [5.41, 5.74) is 4.48. The van der Waals surface area contributed by atoms with Crippen molar-refractivity contribution in [2.75, 3.05) is 26.2 Å². The second-order valence-electron chi connectivity index (χ2n) is 16.9. The van der Waals surface area contributed by atoms with E-state index >= 15 is 0 Å². The Balaban J connectivity index is 1.13. The van der Waals surface area contributed by atoms with Gasteiger partial charge in [0, 0.05) is 71.8 Å². The van der Waals surface area contributed by atoms with Gasteiger partial charge in [0.05, 0.1) is 40.6 Å². The number of carboxylic acids is 1. The average Bonchev–Trinajstić information content (AvgIpc) is 3.90. The molecule has 0 saturated carbocycles. The minimum atomic E-state index is -0.807. The molecule has 0 spiro atoms. The first-order valence-electron chi connectivity index (χ1n) is 20.9. The molecule has 13 nitrogen and oxygen atoms in total. The number of rotatable bonds is 14. The number of amides is 2. The van der Waals surface area contributed by atoms with Crippen LogP contribution in [0.25, 0.3) is 40.1 Å². The van der Waals surface area contributed by atoms with E-state index in [0.717, 1.165) is 5.56 Å². The Morgan fingerprint density at radius 3 is 2.42 bits per heavy atom. The van der Waals surface area contributed by atoms with Gasteiger partial charge in [0.2, 0.25) is 5.91 Å². The summed E-state index contributed by atoms with van der Waals surface area (Å²) in [5, 5.41) is 22.8. The third kappa shape index (κ3) is 10.9. The Labute approximate surface area is 385 Å². The molecule has 4 heterocycles. The van der Waals surface area contributed by atoms with Gasteiger partial charge in [-0.3, -0.25) is 23.7 Å². The lowest BCUT2D eigenvalue weighted by Gasteiger charge is -2.29. The third-order valence-corrected chi connectivity index (χ3v) is 12.2. The summed E-state index contributed by atoms with van der Waals surface area (Å²) in [5.74, 6) is -0.747. The zero-order chi connectivity index (χ0) is 45.7. The number of carbonyl (C=O) groups excluding carboxylic acids is 2. The van der Waals surface area contributed by atoms with E-state index in [1.54, 1.807) is 39.1 Å². The standard InChI is InChI=1S/C48H47Cl3N6O7/c1-48(2,3)64-47(62)56(28-35-13-14-42(58)54-35)27-34-24-53-41-23-30(16-19-57(41)45(34)59)36-8-5-10-38(44(36)51)37-9-4-7-29(43(37)50)11-12-31-22-40(63-20-6-17-52)33(21-39(31)49)26-55-18-15-32(25-55)46(60)61/h4-5,7-12,16,19,21-24,32,35H,6,13-15,18,20,25-28H2,1-3H3,(H,54,58)(H,60,61)/b12-11+/t32-,35-/m0/s1. The van der Waals surface area contributed by atoms with E-state index in [0.29, 0.717) is 98.7 Å². The summed E-state index contributed by atoms with van der Waals surface area (Å²) in [6.45, 7) is 7.14. The fourth-order valence-electron chi connectivity index (χ4n) is 7.86. The largest absolute Gasteiger partial charge is 0.492 e. The Morgan fingerprint density at radius 1 is 0.984 bits per heavy atom.